The lowest BCUT2D eigenvalue weighted by Crippen LogP contribution is -2.16. The molecule has 0 aliphatic heterocycles. The van der Waals surface area contributed by atoms with E-state index in [1.807, 2.05) is 41.2 Å². The lowest BCUT2D eigenvalue weighted by molar-refractivity contribution is -0.116. The summed E-state index contributed by atoms with van der Waals surface area (Å²) < 4.78 is 1.87. The van der Waals surface area contributed by atoms with Gasteiger partial charge in [0.05, 0.1) is 6.54 Å². The molecule has 0 radical (unpaired) electrons. The number of carbonyl (C=O) groups excluding carboxylic acids is 1. The summed E-state index contributed by atoms with van der Waals surface area (Å²) in [7, 11) is 0. The van der Waals surface area contributed by atoms with Gasteiger partial charge < -0.3 is 5.32 Å². The third-order valence-electron chi connectivity index (χ3n) is 4.69. The second kappa shape index (κ2) is 7.95. The minimum Gasteiger partial charge on any atom is -0.326 e. The molecule has 1 aromatic carbocycles. The molecule has 0 atom stereocenters. The zero-order valence-corrected chi connectivity index (χ0v) is 13.6. The van der Waals surface area contributed by atoms with Crippen LogP contribution in [-0.2, 0) is 11.3 Å². The van der Waals surface area contributed by atoms with Crippen LogP contribution in [-0.4, -0.2) is 15.7 Å². The van der Waals surface area contributed by atoms with E-state index in [1.165, 1.54) is 32.1 Å². The fourth-order valence-electron chi connectivity index (χ4n) is 3.37. The van der Waals surface area contributed by atoms with E-state index < -0.39 is 0 Å². The van der Waals surface area contributed by atoms with E-state index in [0.717, 1.165) is 23.6 Å². The SMILES string of the molecule is O=C(CCC1CCCCC1)Nc1ccccc1Cn1cccn1. The number of carbonyl (C=O) groups is 1. The highest BCUT2D eigenvalue weighted by molar-refractivity contribution is 5.91. The Morgan fingerprint density at radius 3 is 2.78 bits per heavy atom. The average molecular weight is 311 g/mol. The number of aromatic nitrogens is 2. The van der Waals surface area contributed by atoms with Crippen LogP contribution in [0.25, 0.3) is 0 Å². The molecule has 1 saturated carbocycles. The van der Waals surface area contributed by atoms with Crippen molar-refractivity contribution in [3.05, 3.63) is 48.3 Å². The molecule has 0 saturated heterocycles. The van der Waals surface area contributed by atoms with Crippen LogP contribution in [0.1, 0.15) is 50.5 Å². The first kappa shape index (κ1) is 15.8. The van der Waals surface area contributed by atoms with Crippen LogP contribution >= 0.6 is 0 Å². The molecule has 4 heteroatoms. The van der Waals surface area contributed by atoms with Gasteiger partial charge in [-0.25, -0.2) is 0 Å². The molecule has 1 N–H and O–H groups in total. The van der Waals surface area contributed by atoms with Gasteiger partial charge in [-0.1, -0.05) is 50.3 Å². The largest absolute Gasteiger partial charge is 0.326 e. The number of anilines is 1. The van der Waals surface area contributed by atoms with Crippen molar-refractivity contribution in [2.24, 2.45) is 5.92 Å². The van der Waals surface area contributed by atoms with Gasteiger partial charge in [-0.3, -0.25) is 9.48 Å². The van der Waals surface area contributed by atoms with Gasteiger partial charge >= 0.3 is 0 Å². The maximum atomic E-state index is 12.3. The van der Waals surface area contributed by atoms with Crippen molar-refractivity contribution < 1.29 is 4.79 Å². The Morgan fingerprint density at radius 1 is 1.17 bits per heavy atom. The number of rotatable bonds is 6. The highest BCUT2D eigenvalue weighted by Gasteiger charge is 2.15. The predicted molar refractivity (Wildman–Crippen MR) is 92.2 cm³/mol. The molecular weight excluding hydrogens is 286 g/mol. The van der Waals surface area contributed by atoms with Crippen molar-refractivity contribution in [3.8, 4) is 0 Å². The quantitative estimate of drug-likeness (QED) is 0.867. The fourth-order valence-corrected chi connectivity index (χ4v) is 3.37. The minimum absolute atomic E-state index is 0.128. The number of amides is 1. The van der Waals surface area contributed by atoms with Gasteiger partial charge in [0.15, 0.2) is 0 Å². The summed E-state index contributed by atoms with van der Waals surface area (Å²) >= 11 is 0. The first-order valence-electron chi connectivity index (χ1n) is 8.66. The molecule has 4 nitrogen and oxygen atoms in total. The molecule has 2 aromatic rings. The second-order valence-corrected chi connectivity index (χ2v) is 6.45. The smallest absolute Gasteiger partial charge is 0.224 e. The van der Waals surface area contributed by atoms with Crippen molar-refractivity contribution in [2.45, 2.75) is 51.5 Å². The van der Waals surface area contributed by atoms with Gasteiger partial charge in [-0.05, 0) is 30.0 Å². The number of hydrogen-bond donors (Lipinski definition) is 1. The lowest BCUT2D eigenvalue weighted by Gasteiger charge is -2.21. The van der Waals surface area contributed by atoms with Gasteiger partial charge in [-0.15, -0.1) is 0 Å². The Kier molecular flexibility index (Phi) is 5.46. The Hall–Kier alpha value is -2.10. The Bertz CT molecular complexity index is 615. The van der Waals surface area contributed by atoms with Crippen molar-refractivity contribution in [1.82, 2.24) is 9.78 Å². The molecule has 1 aliphatic rings. The van der Waals surface area contributed by atoms with Crippen molar-refractivity contribution >= 4 is 11.6 Å². The maximum absolute atomic E-state index is 12.3. The monoisotopic (exact) mass is 311 g/mol. The summed E-state index contributed by atoms with van der Waals surface area (Å²) in [6.07, 6.45) is 12.0. The number of nitrogens with one attached hydrogen (secondary N) is 1. The first-order chi connectivity index (χ1) is 11.3. The van der Waals surface area contributed by atoms with Crippen LogP contribution in [0.3, 0.4) is 0 Å². The molecular formula is C19H25N3O. The summed E-state index contributed by atoms with van der Waals surface area (Å²) in [4.78, 5) is 12.3. The summed E-state index contributed by atoms with van der Waals surface area (Å²) in [6, 6.07) is 9.88. The van der Waals surface area contributed by atoms with E-state index in [9.17, 15) is 4.79 Å². The average Bonchev–Trinajstić information content (AvgIpc) is 3.09. The number of benzene rings is 1. The molecule has 1 fully saturated rings. The molecule has 1 heterocycles. The van der Waals surface area contributed by atoms with Crippen molar-refractivity contribution in [3.63, 3.8) is 0 Å². The third kappa shape index (κ3) is 4.68. The molecule has 1 amide bonds. The summed E-state index contributed by atoms with van der Waals surface area (Å²) in [6.45, 7) is 0.673. The second-order valence-electron chi connectivity index (χ2n) is 6.45. The minimum atomic E-state index is 0.128. The van der Waals surface area contributed by atoms with E-state index in [0.29, 0.717) is 13.0 Å². The van der Waals surface area contributed by atoms with Crippen LogP contribution in [0.5, 0.6) is 0 Å². The number of nitrogens with zero attached hydrogens (tertiary/aromatic N) is 2. The van der Waals surface area contributed by atoms with Gasteiger partial charge in [0.2, 0.25) is 5.91 Å². The molecule has 122 valence electrons. The molecule has 1 aliphatic carbocycles. The zero-order chi connectivity index (χ0) is 15.9. The zero-order valence-electron chi connectivity index (χ0n) is 13.6. The van der Waals surface area contributed by atoms with Crippen molar-refractivity contribution in [1.29, 1.82) is 0 Å². The fraction of sp³-hybridized carbons (Fsp3) is 0.474. The molecule has 0 unspecified atom stereocenters. The normalized spacial score (nSPS) is 15.5. The molecule has 1 aromatic heterocycles. The van der Waals surface area contributed by atoms with Crippen LogP contribution in [0.2, 0.25) is 0 Å². The van der Waals surface area contributed by atoms with Gasteiger partial charge in [0.25, 0.3) is 0 Å². The van der Waals surface area contributed by atoms with Gasteiger partial charge in [-0.2, -0.15) is 5.10 Å². The summed E-state index contributed by atoms with van der Waals surface area (Å²) in [5, 5.41) is 7.32. The van der Waals surface area contributed by atoms with E-state index >= 15 is 0 Å². The predicted octanol–water partition coefficient (Wildman–Crippen LogP) is 4.23. The van der Waals surface area contributed by atoms with Crippen LogP contribution in [0.15, 0.2) is 42.7 Å². The van der Waals surface area contributed by atoms with Gasteiger partial charge in [0.1, 0.15) is 0 Å². The molecule has 0 spiro atoms. The molecule has 0 bridgehead atoms. The Balaban J connectivity index is 1.55. The topological polar surface area (TPSA) is 46.9 Å². The van der Waals surface area contributed by atoms with Crippen LogP contribution in [0, 0.1) is 5.92 Å². The van der Waals surface area contributed by atoms with Crippen LogP contribution in [0.4, 0.5) is 5.69 Å². The lowest BCUT2D eigenvalue weighted by atomic mass is 9.86. The van der Waals surface area contributed by atoms with E-state index in [1.54, 1.807) is 6.20 Å². The van der Waals surface area contributed by atoms with Gasteiger partial charge in [0, 0.05) is 24.5 Å². The third-order valence-corrected chi connectivity index (χ3v) is 4.69. The first-order valence-corrected chi connectivity index (χ1v) is 8.66. The number of hydrogen-bond acceptors (Lipinski definition) is 2. The molecule has 3 rings (SSSR count). The van der Waals surface area contributed by atoms with E-state index in [-0.39, 0.29) is 5.91 Å². The summed E-state index contributed by atoms with van der Waals surface area (Å²) in [5.41, 5.74) is 1.99. The number of para-hydroxylation sites is 1. The summed E-state index contributed by atoms with van der Waals surface area (Å²) in [5.74, 6) is 0.873. The van der Waals surface area contributed by atoms with E-state index in [2.05, 4.69) is 10.4 Å². The molecule has 23 heavy (non-hydrogen) atoms. The maximum Gasteiger partial charge on any atom is 0.224 e. The standard InChI is InChI=1S/C19H25N3O/c23-19(12-11-16-7-2-1-3-8-16)21-18-10-5-4-9-17(18)15-22-14-6-13-20-22/h4-6,9-10,13-14,16H,1-3,7-8,11-12,15H2,(H,21,23). The van der Waals surface area contributed by atoms with Crippen molar-refractivity contribution in [2.75, 3.05) is 5.32 Å². The Morgan fingerprint density at radius 2 is 2.00 bits per heavy atom. The Labute approximate surface area is 137 Å². The van der Waals surface area contributed by atoms with Crippen LogP contribution < -0.4 is 5.32 Å². The van der Waals surface area contributed by atoms with E-state index in [4.69, 9.17) is 0 Å². The highest BCUT2D eigenvalue weighted by atomic mass is 16.1. The highest BCUT2D eigenvalue weighted by Crippen LogP contribution is 2.27.